The van der Waals surface area contributed by atoms with Gasteiger partial charge in [0, 0.05) is 28.9 Å². The lowest BCUT2D eigenvalue weighted by Crippen LogP contribution is -2.05. The molecule has 0 fully saturated rings. The number of thiazole rings is 1. The normalized spacial score (nSPS) is 13.4. The second-order valence-corrected chi connectivity index (χ2v) is 6.35. The molecule has 4 nitrogen and oxygen atoms in total. The predicted octanol–water partition coefficient (Wildman–Crippen LogP) is 4.59. The van der Waals surface area contributed by atoms with Crippen molar-refractivity contribution in [2.75, 3.05) is 6.61 Å². The minimum absolute atomic E-state index is 0.449. The summed E-state index contributed by atoms with van der Waals surface area (Å²) in [5, 5.41) is 12.2. The van der Waals surface area contributed by atoms with Gasteiger partial charge in [0.2, 0.25) is 0 Å². The van der Waals surface area contributed by atoms with Crippen LogP contribution in [0.5, 0.6) is 5.75 Å². The van der Waals surface area contributed by atoms with Gasteiger partial charge in [-0.3, -0.25) is 4.98 Å². The molecule has 0 aliphatic carbocycles. The van der Waals surface area contributed by atoms with Gasteiger partial charge in [0.1, 0.15) is 23.4 Å². The topological polar surface area (TPSA) is 58.8 Å². The van der Waals surface area contributed by atoms with Crippen LogP contribution >= 0.6 is 11.3 Å². The molecule has 3 aromatic rings. The molecule has 0 unspecified atom stereocenters. The van der Waals surface area contributed by atoms with Crippen LogP contribution in [0.15, 0.2) is 65.8 Å². The molecule has 1 aliphatic heterocycles. The number of nitrogens with zero attached hydrogens (tertiary/aromatic N) is 3. The Morgan fingerprint density at radius 2 is 2.04 bits per heavy atom. The summed E-state index contributed by atoms with van der Waals surface area (Å²) in [4.78, 5) is 8.61. The summed E-state index contributed by atoms with van der Waals surface area (Å²) in [6.07, 6.45) is 7.37. The summed E-state index contributed by atoms with van der Waals surface area (Å²) >= 11 is 1.46. The zero-order valence-electron chi connectivity index (χ0n) is 13.2. The molecule has 0 N–H and O–H groups in total. The number of rotatable bonds is 3. The molecular formula is C20H13N3OS. The average molecular weight is 343 g/mol. The SMILES string of the molecule is N#C/C(=C/C1=Cc2ccccc2OC1)c1nc(-c2ccncc2)cs1. The van der Waals surface area contributed by atoms with Crippen molar-refractivity contribution in [2.45, 2.75) is 0 Å². The highest BCUT2D eigenvalue weighted by Gasteiger charge is 2.13. The van der Waals surface area contributed by atoms with Crippen LogP contribution in [0.2, 0.25) is 0 Å². The third kappa shape index (κ3) is 3.21. The van der Waals surface area contributed by atoms with E-state index in [4.69, 9.17) is 4.74 Å². The molecule has 0 atom stereocenters. The number of ether oxygens (including phenoxy) is 1. The third-order valence-electron chi connectivity index (χ3n) is 3.82. The van der Waals surface area contributed by atoms with Crippen molar-refractivity contribution in [3.8, 4) is 23.1 Å². The van der Waals surface area contributed by atoms with Crippen LogP contribution in [0.4, 0.5) is 0 Å². The van der Waals surface area contributed by atoms with Crippen molar-refractivity contribution < 1.29 is 4.74 Å². The number of pyridine rings is 1. The van der Waals surface area contributed by atoms with Crippen LogP contribution in [-0.2, 0) is 0 Å². The van der Waals surface area contributed by atoms with Crippen molar-refractivity contribution in [3.63, 3.8) is 0 Å². The molecule has 4 rings (SSSR count). The minimum atomic E-state index is 0.449. The summed E-state index contributed by atoms with van der Waals surface area (Å²) in [7, 11) is 0. The number of aromatic nitrogens is 2. The lowest BCUT2D eigenvalue weighted by atomic mass is 10.1. The van der Waals surface area contributed by atoms with Gasteiger partial charge in [0.25, 0.3) is 0 Å². The highest BCUT2D eigenvalue weighted by Crippen LogP contribution is 2.29. The van der Waals surface area contributed by atoms with E-state index in [9.17, 15) is 5.26 Å². The van der Waals surface area contributed by atoms with Gasteiger partial charge in [0.05, 0.1) is 11.3 Å². The average Bonchev–Trinajstić information content (AvgIpc) is 3.17. The van der Waals surface area contributed by atoms with E-state index in [-0.39, 0.29) is 0 Å². The Bertz CT molecular complexity index is 1010. The largest absolute Gasteiger partial charge is 0.488 e. The quantitative estimate of drug-likeness (QED) is 0.653. The Hall–Kier alpha value is -3.23. The van der Waals surface area contributed by atoms with E-state index >= 15 is 0 Å². The van der Waals surface area contributed by atoms with E-state index in [1.54, 1.807) is 12.4 Å². The van der Waals surface area contributed by atoms with E-state index in [0.717, 1.165) is 28.1 Å². The lowest BCUT2D eigenvalue weighted by Gasteiger charge is -2.15. The molecule has 120 valence electrons. The van der Waals surface area contributed by atoms with Crippen molar-refractivity contribution in [1.82, 2.24) is 9.97 Å². The summed E-state index contributed by atoms with van der Waals surface area (Å²) in [5.41, 5.74) is 4.36. The smallest absolute Gasteiger partial charge is 0.134 e. The van der Waals surface area contributed by atoms with Crippen LogP contribution in [0, 0.1) is 11.3 Å². The number of hydrogen-bond donors (Lipinski definition) is 0. The standard InChI is InChI=1S/C20H13N3OS/c21-11-17(10-14-9-16-3-1-2-4-19(16)24-12-14)20-23-18(13-25-20)15-5-7-22-8-6-15/h1-10,13H,12H2/b17-10-. The second kappa shape index (κ2) is 6.71. The van der Waals surface area contributed by atoms with Crippen molar-refractivity contribution in [2.24, 2.45) is 0 Å². The van der Waals surface area contributed by atoms with E-state index in [2.05, 4.69) is 16.0 Å². The summed E-state index contributed by atoms with van der Waals surface area (Å²) < 4.78 is 5.75. The molecular weight excluding hydrogens is 330 g/mol. The van der Waals surface area contributed by atoms with E-state index in [1.165, 1.54) is 11.3 Å². The molecule has 0 bridgehead atoms. The maximum Gasteiger partial charge on any atom is 0.134 e. The van der Waals surface area contributed by atoms with Crippen LogP contribution in [0.25, 0.3) is 22.9 Å². The van der Waals surface area contributed by atoms with Crippen molar-refractivity contribution in [1.29, 1.82) is 5.26 Å². The minimum Gasteiger partial charge on any atom is -0.488 e. The molecule has 25 heavy (non-hydrogen) atoms. The molecule has 0 amide bonds. The van der Waals surface area contributed by atoms with E-state index < -0.39 is 0 Å². The summed E-state index contributed by atoms with van der Waals surface area (Å²) in [6.45, 7) is 0.449. The summed E-state index contributed by atoms with van der Waals surface area (Å²) in [6, 6.07) is 13.9. The fourth-order valence-electron chi connectivity index (χ4n) is 2.60. The zero-order chi connectivity index (χ0) is 17.1. The predicted molar refractivity (Wildman–Crippen MR) is 98.8 cm³/mol. The Morgan fingerprint density at radius 3 is 2.88 bits per heavy atom. The first-order valence-electron chi connectivity index (χ1n) is 7.74. The Morgan fingerprint density at radius 1 is 1.20 bits per heavy atom. The molecule has 2 aromatic heterocycles. The fourth-order valence-corrected chi connectivity index (χ4v) is 3.39. The highest BCUT2D eigenvalue weighted by molar-refractivity contribution is 7.11. The van der Waals surface area contributed by atoms with Gasteiger partial charge in [-0.2, -0.15) is 5.26 Å². The molecule has 3 heterocycles. The van der Waals surface area contributed by atoms with Gasteiger partial charge >= 0.3 is 0 Å². The molecule has 0 radical (unpaired) electrons. The number of benzene rings is 1. The Kier molecular flexibility index (Phi) is 4.11. The molecule has 0 saturated heterocycles. The molecule has 5 heteroatoms. The second-order valence-electron chi connectivity index (χ2n) is 5.49. The number of fused-ring (bicyclic) bond motifs is 1. The molecule has 0 spiro atoms. The zero-order valence-corrected chi connectivity index (χ0v) is 14.0. The molecule has 1 aliphatic rings. The van der Waals surface area contributed by atoms with Gasteiger partial charge in [-0.1, -0.05) is 18.2 Å². The highest BCUT2D eigenvalue weighted by atomic mass is 32.1. The number of para-hydroxylation sites is 1. The van der Waals surface area contributed by atoms with Gasteiger partial charge in [0.15, 0.2) is 0 Å². The lowest BCUT2D eigenvalue weighted by molar-refractivity contribution is 0.351. The first-order chi connectivity index (χ1) is 12.3. The Balaban J connectivity index is 1.66. The monoisotopic (exact) mass is 343 g/mol. The van der Waals surface area contributed by atoms with Crippen LogP contribution in [0.1, 0.15) is 10.6 Å². The van der Waals surface area contributed by atoms with E-state index in [0.29, 0.717) is 17.2 Å². The van der Waals surface area contributed by atoms with Crippen LogP contribution < -0.4 is 4.74 Å². The number of nitriles is 1. The maximum atomic E-state index is 9.56. The fraction of sp³-hybridized carbons (Fsp3) is 0.0500. The van der Waals surface area contributed by atoms with Crippen molar-refractivity contribution >= 4 is 23.0 Å². The van der Waals surface area contributed by atoms with Crippen molar-refractivity contribution in [3.05, 3.63) is 76.4 Å². The number of hydrogen-bond acceptors (Lipinski definition) is 5. The molecule has 1 aromatic carbocycles. The first kappa shape index (κ1) is 15.3. The van der Waals surface area contributed by atoms with Crippen LogP contribution in [0.3, 0.4) is 0 Å². The van der Waals surface area contributed by atoms with Crippen LogP contribution in [-0.4, -0.2) is 16.6 Å². The number of allylic oxidation sites excluding steroid dienone is 1. The Labute approximate surface area is 149 Å². The summed E-state index contributed by atoms with van der Waals surface area (Å²) in [5.74, 6) is 0.868. The van der Waals surface area contributed by atoms with E-state index in [1.807, 2.05) is 53.9 Å². The molecule has 0 saturated carbocycles. The van der Waals surface area contributed by atoms with Gasteiger partial charge in [-0.25, -0.2) is 4.98 Å². The van der Waals surface area contributed by atoms with Gasteiger partial charge < -0.3 is 4.74 Å². The first-order valence-corrected chi connectivity index (χ1v) is 8.62. The maximum absolute atomic E-state index is 9.56. The van der Waals surface area contributed by atoms with Gasteiger partial charge in [-0.05, 0) is 35.9 Å². The third-order valence-corrected chi connectivity index (χ3v) is 4.69. The van der Waals surface area contributed by atoms with Gasteiger partial charge in [-0.15, -0.1) is 11.3 Å².